The minimum absolute atomic E-state index is 0.151. The van der Waals surface area contributed by atoms with E-state index < -0.39 is 6.10 Å². The number of carbonyl (C=O) groups excluding carboxylic acids is 1. The van der Waals surface area contributed by atoms with Gasteiger partial charge in [0.05, 0.1) is 0 Å². The standard InChI is InChI=1S/C19H18N2O2/c1-14(19(22)21-13-15-6-5-11-20-12-15)23-18-10-4-8-16-7-2-3-9-17(16)18/h2-12,14H,13H2,1H3,(H,21,22). The predicted octanol–water partition coefficient (Wildman–Crippen LogP) is 3.32. The van der Waals surface area contributed by atoms with Crippen molar-refractivity contribution in [3.05, 3.63) is 72.6 Å². The van der Waals surface area contributed by atoms with Crippen LogP contribution in [0.4, 0.5) is 0 Å². The molecule has 3 rings (SSSR count). The van der Waals surface area contributed by atoms with Crippen LogP contribution in [-0.4, -0.2) is 17.0 Å². The van der Waals surface area contributed by atoms with Crippen molar-refractivity contribution in [3.8, 4) is 5.75 Å². The van der Waals surface area contributed by atoms with Gasteiger partial charge >= 0.3 is 0 Å². The van der Waals surface area contributed by atoms with Crippen molar-refractivity contribution in [2.24, 2.45) is 0 Å². The molecular formula is C19H18N2O2. The number of nitrogens with zero attached hydrogens (tertiary/aromatic N) is 1. The van der Waals surface area contributed by atoms with E-state index >= 15 is 0 Å². The number of benzene rings is 2. The molecule has 3 aromatic rings. The number of aromatic nitrogens is 1. The van der Waals surface area contributed by atoms with Crippen LogP contribution in [0.1, 0.15) is 12.5 Å². The van der Waals surface area contributed by atoms with Crippen LogP contribution in [0.2, 0.25) is 0 Å². The number of carbonyl (C=O) groups is 1. The Hall–Kier alpha value is -2.88. The van der Waals surface area contributed by atoms with Crippen molar-refractivity contribution in [1.82, 2.24) is 10.3 Å². The van der Waals surface area contributed by atoms with Gasteiger partial charge in [-0.3, -0.25) is 9.78 Å². The summed E-state index contributed by atoms with van der Waals surface area (Å²) in [6.07, 6.45) is 2.87. The summed E-state index contributed by atoms with van der Waals surface area (Å²) in [5.74, 6) is 0.564. The molecule has 1 atom stereocenters. The van der Waals surface area contributed by atoms with Gasteiger partial charge < -0.3 is 10.1 Å². The minimum atomic E-state index is -0.572. The Balaban J connectivity index is 1.66. The van der Waals surface area contributed by atoms with E-state index in [1.165, 1.54) is 0 Å². The molecule has 0 saturated carbocycles. The van der Waals surface area contributed by atoms with Crippen molar-refractivity contribution in [2.75, 3.05) is 0 Å². The fourth-order valence-corrected chi connectivity index (χ4v) is 2.38. The van der Waals surface area contributed by atoms with Crippen molar-refractivity contribution >= 4 is 16.7 Å². The zero-order valence-electron chi connectivity index (χ0n) is 12.9. The molecule has 0 bridgehead atoms. The first-order valence-corrected chi connectivity index (χ1v) is 7.55. The summed E-state index contributed by atoms with van der Waals surface area (Å²) in [7, 11) is 0. The quantitative estimate of drug-likeness (QED) is 0.786. The second kappa shape index (κ2) is 6.92. The number of ether oxygens (including phenoxy) is 1. The largest absolute Gasteiger partial charge is 0.480 e. The third-order valence-electron chi connectivity index (χ3n) is 3.61. The van der Waals surface area contributed by atoms with Crippen molar-refractivity contribution in [1.29, 1.82) is 0 Å². The zero-order chi connectivity index (χ0) is 16.1. The second-order valence-corrected chi connectivity index (χ2v) is 5.32. The fraction of sp³-hybridized carbons (Fsp3) is 0.158. The van der Waals surface area contributed by atoms with Gasteiger partial charge in [0.25, 0.3) is 5.91 Å². The normalized spacial score (nSPS) is 11.9. The molecular weight excluding hydrogens is 288 g/mol. The Bertz CT molecular complexity index is 797. The fourth-order valence-electron chi connectivity index (χ4n) is 2.38. The molecule has 1 N–H and O–H groups in total. The molecule has 4 heteroatoms. The Labute approximate surface area is 135 Å². The Morgan fingerprint density at radius 3 is 2.78 bits per heavy atom. The van der Waals surface area contributed by atoms with E-state index in [0.29, 0.717) is 12.3 Å². The molecule has 0 saturated heterocycles. The van der Waals surface area contributed by atoms with Crippen LogP contribution in [0, 0.1) is 0 Å². The van der Waals surface area contributed by atoms with Crippen LogP contribution in [0.5, 0.6) is 5.75 Å². The third-order valence-corrected chi connectivity index (χ3v) is 3.61. The van der Waals surface area contributed by atoms with Crippen LogP contribution < -0.4 is 10.1 Å². The van der Waals surface area contributed by atoms with Gasteiger partial charge in [-0.15, -0.1) is 0 Å². The summed E-state index contributed by atoms with van der Waals surface area (Å²) in [4.78, 5) is 16.2. The van der Waals surface area contributed by atoms with Crippen molar-refractivity contribution < 1.29 is 9.53 Å². The van der Waals surface area contributed by atoms with Crippen molar-refractivity contribution in [2.45, 2.75) is 19.6 Å². The minimum Gasteiger partial charge on any atom is -0.480 e. The van der Waals surface area contributed by atoms with E-state index in [1.54, 1.807) is 19.3 Å². The summed E-state index contributed by atoms with van der Waals surface area (Å²) in [6.45, 7) is 2.19. The van der Waals surface area contributed by atoms with Gasteiger partial charge in [0.2, 0.25) is 0 Å². The summed E-state index contributed by atoms with van der Waals surface area (Å²) in [6, 6.07) is 17.6. The molecule has 0 radical (unpaired) electrons. The monoisotopic (exact) mass is 306 g/mol. The van der Waals surface area contributed by atoms with Gasteiger partial charge in [0.15, 0.2) is 6.10 Å². The molecule has 0 fully saturated rings. The lowest BCUT2D eigenvalue weighted by Crippen LogP contribution is -2.35. The van der Waals surface area contributed by atoms with Gasteiger partial charge in [0, 0.05) is 24.3 Å². The Morgan fingerprint density at radius 1 is 1.13 bits per heavy atom. The van der Waals surface area contributed by atoms with Gasteiger partial charge in [-0.1, -0.05) is 42.5 Å². The number of rotatable bonds is 5. The molecule has 0 spiro atoms. The highest BCUT2D eigenvalue weighted by Crippen LogP contribution is 2.26. The molecule has 0 aliphatic rings. The number of amides is 1. The lowest BCUT2D eigenvalue weighted by atomic mass is 10.1. The maximum Gasteiger partial charge on any atom is 0.261 e. The number of hydrogen-bond donors (Lipinski definition) is 1. The van der Waals surface area contributed by atoms with Gasteiger partial charge in [-0.25, -0.2) is 0 Å². The number of fused-ring (bicyclic) bond motifs is 1. The third kappa shape index (κ3) is 3.66. The molecule has 0 aliphatic carbocycles. The van der Waals surface area contributed by atoms with Gasteiger partial charge in [-0.05, 0) is 30.0 Å². The van der Waals surface area contributed by atoms with E-state index in [4.69, 9.17) is 4.74 Å². The zero-order valence-corrected chi connectivity index (χ0v) is 12.9. The molecule has 23 heavy (non-hydrogen) atoms. The van der Waals surface area contributed by atoms with E-state index in [-0.39, 0.29) is 5.91 Å². The summed E-state index contributed by atoms with van der Waals surface area (Å²) < 4.78 is 5.85. The summed E-state index contributed by atoms with van der Waals surface area (Å²) in [5, 5.41) is 4.96. The predicted molar refractivity (Wildman–Crippen MR) is 90.1 cm³/mol. The molecule has 1 amide bonds. The summed E-state index contributed by atoms with van der Waals surface area (Å²) >= 11 is 0. The highest BCUT2D eigenvalue weighted by atomic mass is 16.5. The average Bonchev–Trinajstić information content (AvgIpc) is 2.61. The number of hydrogen-bond acceptors (Lipinski definition) is 3. The Kier molecular flexibility index (Phi) is 4.52. The van der Waals surface area contributed by atoms with Crippen molar-refractivity contribution in [3.63, 3.8) is 0 Å². The topological polar surface area (TPSA) is 51.2 Å². The first-order chi connectivity index (χ1) is 11.2. The van der Waals surface area contributed by atoms with Crippen LogP contribution in [0.25, 0.3) is 10.8 Å². The van der Waals surface area contributed by atoms with Gasteiger partial charge in [0.1, 0.15) is 5.75 Å². The van der Waals surface area contributed by atoms with Crippen LogP contribution in [0.3, 0.4) is 0 Å². The van der Waals surface area contributed by atoms with E-state index in [1.807, 2.05) is 54.6 Å². The summed E-state index contributed by atoms with van der Waals surface area (Å²) in [5.41, 5.74) is 0.957. The first-order valence-electron chi connectivity index (χ1n) is 7.55. The maximum atomic E-state index is 12.2. The molecule has 1 aromatic heterocycles. The lowest BCUT2D eigenvalue weighted by Gasteiger charge is -2.16. The molecule has 0 aliphatic heterocycles. The number of nitrogens with one attached hydrogen (secondary N) is 1. The average molecular weight is 306 g/mol. The number of pyridine rings is 1. The molecule has 1 unspecified atom stereocenters. The van der Waals surface area contributed by atoms with Crippen LogP contribution in [-0.2, 0) is 11.3 Å². The smallest absolute Gasteiger partial charge is 0.261 e. The SMILES string of the molecule is CC(Oc1cccc2ccccc12)C(=O)NCc1cccnc1. The van der Waals surface area contributed by atoms with Gasteiger partial charge in [-0.2, -0.15) is 0 Å². The maximum absolute atomic E-state index is 12.2. The van der Waals surface area contributed by atoms with Crippen LogP contribution >= 0.6 is 0 Å². The molecule has 2 aromatic carbocycles. The van der Waals surface area contributed by atoms with E-state index in [2.05, 4.69) is 10.3 Å². The van der Waals surface area contributed by atoms with E-state index in [9.17, 15) is 4.79 Å². The lowest BCUT2D eigenvalue weighted by molar-refractivity contribution is -0.127. The first kappa shape index (κ1) is 15.0. The molecule has 4 nitrogen and oxygen atoms in total. The second-order valence-electron chi connectivity index (χ2n) is 5.32. The Morgan fingerprint density at radius 2 is 1.96 bits per heavy atom. The highest BCUT2D eigenvalue weighted by molar-refractivity contribution is 5.89. The van der Waals surface area contributed by atoms with Crippen LogP contribution in [0.15, 0.2) is 67.0 Å². The molecule has 116 valence electrons. The van der Waals surface area contributed by atoms with E-state index in [0.717, 1.165) is 16.3 Å². The molecule has 1 heterocycles. The highest BCUT2D eigenvalue weighted by Gasteiger charge is 2.15.